The van der Waals surface area contributed by atoms with Crippen LogP contribution in [0.3, 0.4) is 0 Å². The first-order valence-corrected chi connectivity index (χ1v) is 4.57. The van der Waals surface area contributed by atoms with E-state index >= 15 is 0 Å². The molecule has 1 saturated carbocycles. The molecule has 0 saturated heterocycles. The van der Waals surface area contributed by atoms with E-state index < -0.39 is 22.4 Å². The topological polar surface area (TPSA) is 129 Å². The molecule has 0 atom stereocenters. The Kier molecular flexibility index (Phi) is 2.16. The molecular formula is C8H9N3O5. The van der Waals surface area contributed by atoms with Gasteiger partial charge >= 0.3 is 11.8 Å². The van der Waals surface area contributed by atoms with E-state index in [0.717, 1.165) is 6.07 Å². The molecule has 2 rings (SSSR count). The van der Waals surface area contributed by atoms with Gasteiger partial charge in [0.15, 0.2) is 0 Å². The van der Waals surface area contributed by atoms with Crippen molar-refractivity contribution in [3.63, 3.8) is 0 Å². The van der Waals surface area contributed by atoms with Crippen molar-refractivity contribution in [3.05, 3.63) is 21.9 Å². The zero-order valence-electron chi connectivity index (χ0n) is 8.08. The van der Waals surface area contributed by atoms with E-state index in [1.807, 2.05) is 0 Å². The second kappa shape index (κ2) is 3.27. The summed E-state index contributed by atoms with van der Waals surface area (Å²) >= 11 is 0. The third-order valence-corrected chi connectivity index (χ3v) is 2.83. The largest absolute Gasteiger partial charge is 0.481 e. The van der Waals surface area contributed by atoms with E-state index in [4.69, 9.17) is 5.11 Å². The summed E-state index contributed by atoms with van der Waals surface area (Å²) in [5.41, 5.74) is -1.19. The van der Waals surface area contributed by atoms with Crippen molar-refractivity contribution in [1.29, 1.82) is 0 Å². The van der Waals surface area contributed by atoms with E-state index in [1.165, 1.54) is 0 Å². The van der Waals surface area contributed by atoms with Crippen molar-refractivity contribution in [1.82, 2.24) is 10.2 Å². The number of H-pyrrole nitrogens is 1. The summed E-state index contributed by atoms with van der Waals surface area (Å²) in [7, 11) is 0. The average molecular weight is 227 g/mol. The van der Waals surface area contributed by atoms with E-state index in [0.29, 0.717) is 0 Å². The molecule has 1 fully saturated rings. The minimum absolute atomic E-state index is 0.0321. The Hall–Kier alpha value is -1.96. The van der Waals surface area contributed by atoms with Gasteiger partial charge < -0.3 is 20.3 Å². The summed E-state index contributed by atoms with van der Waals surface area (Å²) in [6, 6.07) is 1.10. The van der Waals surface area contributed by atoms with Crippen LogP contribution in [0.25, 0.3) is 0 Å². The Morgan fingerprint density at radius 1 is 1.69 bits per heavy atom. The fraction of sp³-hybridized carbons (Fsp3) is 0.500. The molecule has 86 valence electrons. The van der Waals surface area contributed by atoms with Crippen molar-refractivity contribution < 1.29 is 19.9 Å². The number of hydrogen-bond acceptors (Lipinski definition) is 5. The van der Waals surface area contributed by atoms with Gasteiger partial charge in [-0.1, -0.05) is 5.10 Å². The molecule has 0 radical (unpaired) electrons. The molecule has 0 spiro atoms. The molecule has 0 aliphatic heterocycles. The lowest BCUT2D eigenvalue weighted by molar-refractivity contribution is -0.389. The number of aromatic nitrogens is 2. The van der Waals surface area contributed by atoms with Gasteiger partial charge in [-0.25, -0.2) is 0 Å². The number of aliphatic hydroxyl groups is 1. The number of hydrogen-bond donors (Lipinski definition) is 3. The second-order valence-electron chi connectivity index (χ2n) is 3.84. The van der Waals surface area contributed by atoms with Crippen molar-refractivity contribution in [2.24, 2.45) is 0 Å². The number of carboxylic acid groups (broad SMARTS) is 1. The summed E-state index contributed by atoms with van der Waals surface area (Å²) in [6.45, 7) is 0. The zero-order chi connectivity index (χ0) is 11.9. The maximum absolute atomic E-state index is 11.1. The molecule has 1 aromatic heterocycles. The summed E-state index contributed by atoms with van der Waals surface area (Å²) in [4.78, 5) is 20.8. The quantitative estimate of drug-likeness (QED) is 0.484. The van der Waals surface area contributed by atoms with E-state index in [2.05, 4.69) is 10.2 Å². The van der Waals surface area contributed by atoms with E-state index in [-0.39, 0.29) is 24.4 Å². The molecule has 16 heavy (non-hydrogen) atoms. The van der Waals surface area contributed by atoms with Crippen molar-refractivity contribution in [2.45, 2.75) is 24.4 Å². The number of aromatic amines is 1. The van der Waals surface area contributed by atoms with Gasteiger partial charge in [0.1, 0.15) is 11.1 Å². The van der Waals surface area contributed by atoms with Gasteiger partial charge in [-0.3, -0.25) is 4.79 Å². The first-order chi connectivity index (χ1) is 7.45. The third-order valence-electron chi connectivity index (χ3n) is 2.83. The molecule has 1 heterocycles. The highest BCUT2D eigenvalue weighted by molar-refractivity contribution is 5.82. The summed E-state index contributed by atoms with van der Waals surface area (Å²) in [5, 5.41) is 34.4. The number of carboxylic acids is 1. The van der Waals surface area contributed by atoms with Crippen molar-refractivity contribution in [2.75, 3.05) is 0 Å². The highest BCUT2D eigenvalue weighted by Gasteiger charge is 2.54. The van der Waals surface area contributed by atoms with Gasteiger partial charge in [0.25, 0.3) is 0 Å². The molecule has 0 amide bonds. The number of nitrogens with zero attached hydrogens (tertiary/aromatic N) is 2. The monoisotopic (exact) mass is 227 g/mol. The van der Waals surface area contributed by atoms with Gasteiger partial charge in [-0.15, -0.1) is 5.10 Å². The molecule has 3 N–H and O–H groups in total. The molecule has 8 heteroatoms. The van der Waals surface area contributed by atoms with Gasteiger partial charge in [0, 0.05) is 0 Å². The molecule has 0 bridgehead atoms. The standard InChI is InChI=1S/C8H9N3O5/c12-4-2-8(3-4,7(13)14)5-1-6(10-9-5)11(15)16/h1,4,12H,2-3H2,(H,9,10)(H,13,14). The lowest BCUT2D eigenvalue weighted by Crippen LogP contribution is -2.50. The van der Waals surface area contributed by atoms with Crippen molar-refractivity contribution >= 4 is 11.8 Å². The van der Waals surface area contributed by atoms with Crippen LogP contribution in [0.4, 0.5) is 5.82 Å². The fourth-order valence-corrected chi connectivity index (χ4v) is 1.89. The zero-order valence-corrected chi connectivity index (χ0v) is 8.08. The Labute approximate surface area is 89.1 Å². The molecular weight excluding hydrogens is 218 g/mol. The van der Waals surface area contributed by atoms with Crippen LogP contribution in [0, 0.1) is 10.1 Å². The van der Waals surface area contributed by atoms with Crippen LogP contribution in [0.1, 0.15) is 18.5 Å². The smallest absolute Gasteiger partial charge is 0.342 e. The number of carbonyl (C=O) groups is 1. The molecule has 0 aromatic carbocycles. The fourth-order valence-electron chi connectivity index (χ4n) is 1.89. The van der Waals surface area contributed by atoms with Gasteiger partial charge in [0.05, 0.1) is 12.2 Å². The Balaban J connectivity index is 2.34. The van der Waals surface area contributed by atoms with Gasteiger partial charge in [0.2, 0.25) is 0 Å². The van der Waals surface area contributed by atoms with E-state index in [1.54, 1.807) is 0 Å². The number of rotatable bonds is 3. The van der Waals surface area contributed by atoms with Crippen LogP contribution in [-0.4, -0.2) is 37.4 Å². The predicted molar refractivity (Wildman–Crippen MR) is 49.8 cm³/mol. The number of aliphatic hydroxyl groups excluding tert-OH is 1. The number of nitrogens with one attached hydrogen (secondary N) is 1. The molecule has 0 unspecified atom stereocenters. The van der Waals surface area contributed by atoms with Gasteiger partial charge in [-0.05, 0) is 17.8 Å². The maximum Gasteiger partial charge on any atom is 0.342 e. The van der Waals surface area contributed by atoms with Crippen LogP contribution >= 0.6 is 0 Å². The highest BCUT2D eigenvalue weighted by atomic mass is 16.6. The normalized spacial score (nSPS) is 28.4. The molecule has 1 aliphatic carbocycles. The Morgan fingerprint density at radius 2 is 2.31 bits per heavy atom. The SMILES string of the molecule is O=C(O)C1(c2cc([N+](=O)[O-])[nH]n2)CC(O)C1. The Bertz CT molecular complexity index is 448. The van der Waals surface area contributed by atoms with Crippen LogP contribution in [0.5, 0.6) is 0 Å². The predicted octanol–water partition coefficient (Wildman–Crippen LogP) is -0.205. The third kappa shape index (κ3) is 1.34. The molecule has 1 aliphatic rings. The van der Waals surface area contributed by atoms with Crippen LogP contribution in [-0.2, 0) is 10.2 Å². The summed E-state index contributed by atoms with van der Waals surface area (Å²) in [6.07, 6.45) is -0.624. The minimum Gasteiger partial charge on any atom is -0.481 e. The van der Waals surface area contributed by atoms with Crippen molar-refractivity contribution in [3.8, 4) is 0 Å². The maximum atomic E-state index is 11.1. The lowest BCUT2D eigenvalue weighted by Gasteiger charge is -2.39. The molecule has 8 nitrogen and oxygen atoms in total. The Morgan fingerprint density at radius 3 is 2.69 bits per heavy atom. The minimum atomic E-state index is -1.29. The van der Waals surface area contributed by atoms with Crippen LogP contribution in [0.2, 0.25) is 0 Å². The molecule has 1 aromatic rings. The highest BCUT2D eigenvalue weighted by Crippen LogP contribution is 2.43. The summed E-state index contributed by atoms with van der Waals surface area (Å²) in [5.74, 6) is -1.48. The van der Waals surface area contributed by atoms with Crippen LogP contribution in [0.15, 0.2) is 6.07 Å². The first kappa shape index (κ1) is 10.6. The first-order valence-electron chi connectivity index (χ1n) is 4.57. The van der Waals surface area contributed by atoms with E-state index in [9.17, 15) is 20.0 Å². The number of aliphatic carboxylic acids is 1. The second-order valence-corrected chi connectivity index (χ2v) is 3.84. The lowest BCUT2D eigenvalue weighted by atomic mass is 9.65. The average Bonchev–Trinajstić information content (AvgIpc) is 2.60. The summed E-state index contributed by atoms with van der Waals surface area (Å²) < 4.78 is 0. The number of nitro groups is 1. The van der Waals surface area contributed by atoms with Crippen LogP contribution < -0.4 is 0 Å². The van der Waals surface area contributed by atoms with Gasteiger partial charge in [-0.2, -0.15) is 0 Å².